The Balaban J connectivity index is 1.47. The summed E-state index contributed by atoms with van der Waals surface area (Å²) in [5.41, 5.74) is 0.479. The molecule has 2 fully saturated rings. The fraction of sp³-hybridized carbons (Fsp3) is 0.556. The molecule has 0 spiro atoms. The monoisotopic (exact) mass is 398 g/mol. The molecule has 2 heterocycles. The highest BCUT2D eigenvalue weighted by Crippen LogP contribution is 2.34. The largest absolute Gasteiger partial charge is 0.373 e. The number of nitrogens with one attached hydrogen (secondary N) is 3. The molecule has 1 amide bonds. The van der Waals surface area contributed by atoms with Crippen molar-refractivity contribution in [3.63, 3.8) is 0 Å². The Bertz CT molecular complexity index is 683. The number of hydrogen-bond donors (Lipinski definition) is 3. The zero-order valence-electron chi connectivity index (χ0n) is 14.7. The van der Waals surface area contributed by atoms with Gasteiger partial charge in [-0.15, -0.1) is 0 Å². The lowest BCUT2D eigenvalue weighted by Crippen LogP contribution is -2.47. The molecular weight excluding hydrogens is 375 g/mol. The van der Waals surface area contributed by atoms with Gasteiger partial charge >= 0.3 is 0 Å². The van der Waals surface area contributed by atoms with Crippen LogP contribution in [0, 0.1) is 0 Å². The third-order valence-corrected chi connectivity index (χ3v) is 5.36. The van der Waals surface area contributed by atoms with Gasteiger partial charge in [0.1, 0.15) is 0 Å². The van der Waals surface area contributed by atoms with E-state index in [0.29, 0.717) is 46.9 Å². The maximum atomic E-state index is 12.1. The summed E-state index contributed by atoms with van der Waals surface area (Å²) in [7, 11) is 0. The van der Waals surface area contributed by atoms with E-state index in [4.69, 9.17) is 27.9 Å². The summed E-state index contributed by atoms with van der Waals surface area (Å²) >= 11 is 11.8. The van der Waals surface area contributed by atoms with Gasteiger partial charge in [0, 0.05) is 18.7 Å². The van der Waals surface area contributed by atoms with Crippen LogP contribution in [-0.4, -0.2) is 49.8 Å². The Morgan fingerprint density at radius 1 is 1.27 bits per heavy atom. The number of rotatable bonds is 6. The summed E-state index contributed by atoms with van der Waals surface area (Å²) in [5.74, 6) is 0.565. The first kappa shape index (κ1) is 19.3. The highest BCUT2D eigenvalue weighted by molar-refractivity contribution is 6.42. The van der Waals surface area contributed by atoms with Gasteiger partial charge in [0.2, 0.25) is 0 Å². The predicted octanol–water partition coefficient (Wildman–Crippen LogP) is 2.60. The minimum Gasteiger partial charge on any atom is -0.373 e. The van der Waals surface area contributed by atoms with E-state index in [1.807, 2.05) is 6.92 Å². The average Bonchev–Trinajstić information content (AvgIpc) is 3.24. The van der Waals surface area contributed by atoms with E-state index in [1.54, 1.807) is 18.2 Å². The molecule has 6 nitrogen and oxygen atoms in total. The summed E-state index contributed by atoms with van der Waals surface area (Å²) in [4.78, 5) is 16.7. The number of hydrogen-bond acceptors (Lipinski definition) is 3. The van der Waals surface area contributed by atoms with Crippen molar-refractivity contribution in [1.29, 1.82) is 0 Å². The number of guanidine groups is 1. The van der Waals surface area contributed by atoms with Crippen molar-refractivity contribution in [2.75, 3.05) is 19.6 Å². The third kappa shape index (κ3) is 4.81. The molecule has 3 atom stereocenters. The smallest absolute Gasteiger partial charge is 0.251 e. The van der Waals surface area contributed by atoms with Crippen LogP contribution in [0.3, 0.4) is 0 Å². The fourth-order valence-electron chi connectivity index (χ4n) is 3.36. The van der Waals surface area contributed by atoms with Gasteiger partial charge in [-0.3, -0.25) is 9.79 Å². The van der Waals surface area contributed by atoms with E-state index in [1.165, 1.54) is 0 Å². The molecule has 1 aromatic carbocycles. The van der Waals surface area contributed by atoms with Crippen LogP contribution < -0.4 is 16.0 Å². The van der Waals surface area contributed by atoms with Gasteiger partial charge in [-0.2, -0.15) is 0 Å². The van der Waals surface area contributed by atoms with Crippen LogP contribution in [0.4, 0.5) is 0 Å². The summed E-state index contributed by atoms with van der Waals surface area (Å²) in [6, 6.07) is 5.13. The molecule has 0 aliphatic carbocycles. The molecule has 26 heavy (non-hydrogen) atoms. The Hall–Kier alpha value is -1.50. The number of fused-ring (bicyclic) bond motifs is 2. The van der Waals surface area contributed by atoms with Crippen LogP contribution >= 0.6 is 23.2 Å². The second kappa shape index (κ2) is 8.93. The first-order chi connectivity index (χ1) is 12.6. The van der Waals surface area contributed by atoms with Crippen LogP contribution in [0.15, 0.2) is 23.2 Å². The molecule has 2 aliphatic heterocycles. The van der Waals surface area contributed by atoms with E-state index in [-0.39, 0.29) is 5.91 Å². The van der Waals surface area contributed by atoms with Crippen LogP contribution in [0.2, 0.25) is 10.0 Å². The number of aliphatic imine (C=N–C) groups is 1. The Labute approximate surface area is 163 Å². The molecule has 3 rings (SSSR count). The van der Waals surface area contributed by atoms with E-state index in [0.717, 1.165) is 31.8 Å². The number of halogens is 2. The molecule has 2 aliphatic rings. The number of carbonyl (C=O) groups excluding carboxylic acids is 1. The maximum absolute atomic E-state index is 12.1. The lowest BCUT2D eigenvalue weighted by atomic mass is 9.96. The number of amides is 1. The normalized spacial score (nSPS) is 24.6. The number of benzene rings is 1. The minimum atomic E-state index is -0.196. The molecule has 1 aromatic rings. The molecule has 2 saturated heterocycles. The zero-order valence-corrected chi connectivity index (χ0v) is 16.2. The van der Waals surface area contributed by atoms with E-state index in [2.05, 4.69) is 20.9 Å². The first-order valence-electron chi connectivity index (χ1n) is 9.00. The first-order valence-corrected chi connectivity index (χ1v) is 9.76. The van der Waals surface area contributed by atoms with E-state index in [9.17, 15) is 4.79 Å². The summed E-state index contributed by atoms with van der Waals surface area (Å²) < 4.78 is 5.87. The van der Waals surface area contributed by atoms with Gasteiger partial charge in [-0.25, -0.2) is 0 Å². The van der Waals surface area contributed by atoms with Crippen LogP contribution in [0.5, 0.6) is 0 Å². The Kier molecular flexibility index (Phi) is 6.62. The quantitative estimate of drug-likeness (QED) is 0.391. The second-order valence-corrected chi connectivity index (χ2v) is 7.32. The SMILES string of the molecule is CCNC(=NCCNC(=O)c1ccc(Cl)c(Cl)c1)NC1CC2CCC1O2. The lowest BCUT2D eigenvalue weighted by Gasteiger charge is -2.22. The summed E-state index contributed by atoms with van der Waals surface area (Å²) in [6.45, 7) is 3.72. The van der Waals surface area contributed by atoms with Crippen LogP contribution in [0.1, 0.15) is 36.5 Å². The fourth-order valence-corrected chi connectivity index (χ4v) is 3.66. The molecule has 0 saturated carbocycles. The van der Waals surface area contributed by atoms with Crippen molar-refractivity contribution >= 4 is 35.1 Å². The van der Waals surface area contributed by atoms with Crippen LogP contribution in [0.25, 0.3) is 0 Å². The van der Waals surface area contributed by atoms with Crippen molar-refractivity contribution in [2.45, 2.75) is 44.4 Å². The number of ether oxygens (including phenoxy) is 1. The van der Waals surface area contributed by atoms with Gasteiger partial charge in [0.05, 0.1) is 34.8 Å². The molecular formula is C18H24Cl2N4O2. The summed E-state index contributed by atoms with van der Waals surface area (Å²) in [6.07, 6.45) is 3.99. The molecule has 142 valence electrons. The van der Waals surface area contributed by atoms with Crippen molar-refractivity contribution in [3.8, 4) is 0 Å². The van der Waals surface area contributed by atoms with Gasteiger partial charge in [0.15, 0.2) is 5.96 Å². The van der Waals surface area contributed by atoms with Gasteiger partial charge in [-0.05, 0) is 44.4 Å². The zero-order chi connectivity index (χ0) is 18.5. The van der Waals surface area contributed by atoms with E-state index >= 15 is 0 Å². The highest BCUT2D eigenvalue weighted by Gasteiger charge is 2.41. The molecule has 2 bridgehead atoms. The molecule has 0 aromatic heterocycles. The standard InChI is InChI=1S/C18H24Cl2N4O2/c1-2-21-18(24-15-10-12-4-6-16(15)26-12)23-8-7-22-17(25)11-3-5-13(19)14(20)9-11/h3,5,9,12,15-16H,2,4,6-8,10H2,1H3,(H,22,25)(H2,21,23,24). The van der Waals surface area contributed by atoms with Crippen molar-refractivity contribution in [2.24, 2.45) is 4.99 Å². The summed E-state index contributed by atoms with van der Waals surface area (Å²) in [5, 5.41) is 10.3. The third-order valence-electron chi connectivity index (χ3n) is 4.62. The second-order valence-electron chi connectivity index (χ2n) is 6.51. The van der Waals surface area contributed by atoms with Gasteiger partial charge in [-0.1, -0.05) is 23.2 Å². The predicted molar refractivity (Wildman–Crippen MR) is 104 cm³/mol. The topological polar surface area (TPSA) is 74.8 Å². The maximum Gasteiger partial charge on any atom is 0.251 e. The molecule has 8 heteroatoms. The van der Waals surface area contributed by atoms with Gasteiger partial charge < -0.3 is 20.7 Å². The number of nitrogens with zero attached hydrogens (tertiary/aromatic N) is 1. The number of carbonyl (C=O) groups is 1. The minimum absolute atomic E-state index is 0.196. The lowest BCUT2D eigenvalue weighted by molar-refractivity contribution is 0.0954. The van der Waals surface area contributed by atoms with Crippen molar-refractivity contribution < 1.29 is 9.53 Å². The van der Waals surface area contributed by atoms with Crippen LogP contribution in [-0.2, 0) is 4.74 Å². The van der Waals surface area contributed by atoms with Crippen molar-refractivity contribution in [3.05, 3.63) is 33.8 Å². The molecule has 0 radical (unpaired) electrons. The highest BCUT2D eigenvalue weighted by atomic mass is 35.5. The Morgan fingerprint density at radius 3 is 2.77 bits per heavy atom. The molecule has 3 unspecified atom stereocenters. The van der Waals surface area contributed by atoms with E-state index < -0.39 is 0 Å². The Morgan fingerprint density at radius 2 is 2.12 bits per heavy atom. The van der Waals surface area contributed by atoms with Gasteiger partial charge in [0.25, 0.3) is 5.91 Å². The van der Waals surface area contributed by atoms with Crippen molar-refractivity contribution in [1.82, 2.24) is 16.0 Å². The molecule has 3 N–H and O–H groups in total. The average molecular weight is 399 g/mol.